The largest absolute Gasteiger partial charge is 0.490 e. The predicted molar refractivity (Wildman–Crippen MR) is 119 cm³/mol. The van der Waals surface area contributed by atoms with Crippen molar-refractivity contribution in [3.05, 3.63) is 92.4 Å². The molecule has 0 aliphatic carbocycles. The van der Waals surface area contributed by atoms with Crippen LogP contribution < -0.4 is 9.64 Å². The average molecular weight is 479 g/mol. The van der Waals surface area contributed by atoms with Crippen LogP contribution in [0.5, 0.6) is 5.75 Å². The molecular formula is C22H18BrCl2NO2. The van der Waals surface area contributed by atoms with Crippen LogP contribution in [-0.4, -0.2) is 19.1 Å². The third kappa shape index (κ3) is 5.07. The highest BCUT2D eigenvalue weighted by atomic mass is 79.9. The highest BCUT2D eigenvalue weighted by Gasteiger charge is 2.20. The van der Waals surface area contributed by atoms with Gasteiger partial charge in [-0.3, -0.25) is 4.79 Å². The van der Waals surface area contributed by atoms with E-state index in [1.54, 1.807) is 29.2 Å². The second-order valence-corrected chi connectivity index (χ2v) is 7.89. The Morgan fingerprint density at radius 3 is 2.43 bits per heavy atom. The van der Waals surface area contributed by atoms with Crippen LogP contribution in [0.15, 0.2) is 71.2 Å². The molecule has 0 heterocycles. The fourth-order valence-corrected chi connectivity index (χ4v) is 3.61. The standard InChI is InChI=1S/C22H18BrCl2NO2/c1-15-6-9-17(10-7-15)26(22(27)18-4-2-3-5-19(18)23)12-13-28-21-11-8-16(24)14-20(21)25/h2-11,14H,12-13H2,1H3. The van der Waals surface area contributed by atoms with E-state index in [1.165, 1.54) is 0 Å². The highest BCUT2D eigenvalue weighted by molar-refractivity contribution is 9.10. The monoisotopic (exact) mass is 477 g/mol. The van der Waals surface area contributed by atoms with Crippen molar-refractivity contribution in [2.24, 2.45) is 0 Å². The lowest BCUT2D eigenvalue weighted by Gasteiger charge is -2.24. The molecule has 0 N–H and O–H groups in total. The van der Waals surface area contributed by atoms with Gasteiger partial charge in [0.15, 0.2) is 0 Å². The third-order valence-electron chi connectivity index (χ3n) is 4.16. The number of anilines is 1. The SMILES string of the molecule is Cc1ccc(N(CCOc2ccc(Cl)cc2Cl)C(=O)c2ccccc2Br)cc1. The maximum Gasteiger partial charge on any atom is 0.259 e. The molecule has 3 rings (SSSR count). The van der Waals surface area contributed by atoms with E-state index in [0.717, 1.165) is 15.7 Å². The van der Waals surface area contributed by atoms with Crippen molar-refractivity contribution in [1.82, 2.24) is 0 Å². The van der Waals surface area contributed by atoms with Gasteiger partial charge in [-0.05, 0) is 65.3 Å². The fraction of sp³-hybridized carbons (Fsp3) is 0.136. The van der Waals surface area contributed by atoms with E-state index in [4.69, 9.17) is 27.9 Å². The summed E-state index contributed by atoms with van der Waals surface area (Å²) in [5.41, 5.74) is 2.52. The number of nitrogens with zero attached hydrogens (tertiary/aromatic N) is 1. The molecule has 0 spiro atoms. The molecule has 1 amide bonds. The molecule has 0 aromatic heterocycles. The van der Waals surface area contributed by atoms with Crippen molar-refractivity contribution in [1.29, 1.82) is 0 Å². The summed E-state index contributed by atoms with van der Waals surface area (Å²) in [7, 11) is 0. The zero-order valence-corrected chi connectivity index (χ0v) is 18.3. The maximum atomic E-state index is 13.2. The molecule has 3 nitrogen and oxygen atoms in total. The van der Waals surface area contributed by atoms with Crippen LogP contribution in [0.4, 0.5) is 5.69 Å². The van der Waals surface area contributed by atoms with Crippen molar-refractivity contribution in [2.75, 3.05) is 18.1 Å². The van der Waals surface area contributed by atoms with Crippen molar-refractivity contribution < 1.29 is 9.53 Å². The van der Waals surface area contributed by atoms with Gasteiger partial charge < -0.3 is 9.64 Å². The fourth-order valence-electron chi connectivity index (χ4n) is 2.69. The van der Waals surface area contributed by atoms with Crippen molar-refractivity contribution in [3.63, 3.8) is 0 Å². The number of hydrogen-bond donors (Lipinski definition) is 0. The quantitative estimate of drug-likeness (QED) is 0.390. The summed E-state index contributed by atoms with van der Waals surface area (Å²) in [6.07, 6.45) is 0. The number of carbonyl (C=O) groups is 1. The first-order chi connectivity index (χ1) is 13.5. The number of rotatable bonds is 6. The van der Waals surface area contributed by atoms with E-state index in [0.29, 0.717) is 27.9 Å². The number of hydrogen-bond acceptors (Lipinski definition) is 2. The van der Waals surface area contributed by atoms with Gasteiger partial charge in [0.2, 0.25) is 0 Å². The van der Waals surface area contributed by atoms with E-state index in [-0.39, 0.29) is 12.5 Å². The molecule has 3 aromatic rings. The maximum absolute atomic E-state index is 13.2. The minimum absolute atomic E-state index is 0.109. The van der Waals surface area contributed by atoms with Gasteiger partial charge in [-0.15, -0.1) is 0 Å². The summed E-state index contributed by atoms with van der Waals surface area (Å²) in [6, 6.07) is 20.2. The first-order valence-corrected chi connectivity index (χ1v) is 10.2. The molecule has 0 aliphatic rings. The molecule has 0 atom stereocenters. The van der Waals surface area contributed by atoms with Gasteiger partial charge in [-0.2, -0.15) is 0 Å². The molecule has 0 saturated carbocycles. The Kier molecular flexibility index (Phi) is 7.00. The molecule has 0 radical (unpaired) electrons. The van der Waals surface area contributed by atoms with Gasteiger partial charge >= 0.3 is 0 Å². The molecular weight excluding hydrogens is 461 g/mol. The molecule has 28 heavy (non-hydrogen) atoms. The summed E-state index contributed by atoms with van der Waals surface area (Å²) in [5.74, 6) is 0.422. The Bertz CT molecular complexity index is 977. The van der Waals surface area contributed by atoms with Crippen LogP contribution in [-0.2, 0) is 0 Å². The number of benzene rings is 3. The van der Waals surface area contributed by atoms with E-state index < -0.39 is 0 Å². The molecule has 6 heteroatoms. The number of ether oxygens (including phenoxy) is 1. The van der Waals surface area contributed by atoms with Crippen LogP contribution in [0.25, 0.3) is 0 Å². The second-order valence-electron chi connectivity index (χ2n) is 6.20. The lowest BCUT2D eigenvalue weighted by Crippen LogP contribution is -2.35. The highest BCUT2D eigenvalue weighted by Crippen LogP contribution is 2.28. The van der Waals surface area contributed by atoms with Gasteiger partial charge in [0.1, 0.15) is 12.4 Å². The Balaban J connectivity index is 1.81. The third-order valence-corrected chi connectivity index (χ3v) is 5.38. The molecule has 144 valence electrons. The Morgan fingerprint density at radius 1 is 1.04 bits per heavy atom. The van der Waals surface area contributed by atoms with Crippen molar-refractivity contribution >= 4 is 50.7 Å². The number of halogens is 3. The molecule has 0 bridgehead atoms. The normalized spacial score (nSPS) is 10.6. The zero-order valence-electron chi connectivity index (χ0n) is 15.2. The van der Waals surface area contributed by atoms with Crippen molar-refractivity contribution in [2.45, 2.75) is 6.92 Å². The number of amides is 1. The minimum Gasteiger partial charge on any atom is -0.490 e. The summed E-state index contributed by atoms with van der Waals surface area (Å²) >= 11 is 15.5. The van der Waals surface area contributed by atoms with E-state index in [2.05, 4.69) is 15.9 Å². The smallest absolute Gasteiger partial charge is 0.259 e. The first-order valence-electron chi connectivity index (χ1n) is 8.66. The first kappa shape index (κ1) is 20.7. The van der Waals surface area contributed by atoms with Crippen LogP contribution in [0.2, 0.25) is 10.0 Å². The zero-order chi connectivity index (χ0) is 20.1. The Labute approximate surface area is 183 Å². The second kappa shape index (κ2) is 9.46. The van der Waals surface area contributed by atoms with Crippen molar-refractivity contribution in [3.8, 4) is 5.75 Å². The van der Waals surface area contributed by atoms with Crippen LogP contribution >= 0.6 is 39.1 Å². The van der Waals surface area contributed by atoms with Gasteiger partial charge in [-0.1, -0.05) is 53.0 Å². The molecule has 0 unspecified atom stereocenters. The summed E-state index contributed by atoms with van der Waals surface area (Å²) in [6.45, 7) is 2.66. The molecule has 0 saturated heterocycles. The summed E-state index contributed by atoms with van der Waals surface area (Å²) < 4.78 is 6.54. The summed E-state index contributed by atoms with van der Waals surface area (Å²) in [4.78, 5) is 14.9. The predicted octanol–water partition coefficient (Wildman–Crippen LogP) is 6.79. The Hall–Kier alpha value is -2.01. The number of aryl methyl sites for hydroxylation is 1. The van der Waals surface area contributed by atoms with Gasteiger partial charge in [0, 0.05) is 15.2 Å². The average Bonchev–Trinajstić information content (AvgIpc) is 2.67. The minimum atomic E-state index is -0.109. The van der Waals surface area contributed by atoms with E-state index in [9.17, 15) is 4.79 Å². The van der Waals surface area contributed by atoms with Gasteiger partial charge in [0.05, 0.1) is 17.1 Å². The number of carbonyl (C=O) groups excluding carboxylic acids is 1. The molecule has 0 fully saturated rings. The summed E-state index contributed by atoms with van der Waals surface area (Å²) in [5, 5.41) is 0.981. The topological polar surface area (TPSA) is 29.5 Å². The lowest BCUT2D eigenvalue weighted by molar-refractivity contribution is 0.0982. The molecule has 0 aliphatic heterocycles. The lowest BCUT2D eigenvalue weighted by atomic mass is 10.1. The Morgan fingerprint density at radius 2 is 1.75 bits per heavy atom. The van der Waals surface area contributed by atoms with Gasteiger partial charge in [0.25, 0.3) is 5.91 Å². The van der Waals surface area contributed by atoms with Gasteiger partial charge in [-0.25, -0.2) is 0 Å². The van der Waals surface area contributed by atoms with E-state index in [1.807, 2.05) is 49.4 Å². The molecule has 3 aromatic carbocycles. The van der Waals surface area contributed by atoms with Crippen LogP contribution in [0.1, 0.15) is 15.9 Å². The van der Waals surface area contributed by atoms with Crippen LogP contribution in [0, 0.1) is 6.92 Å². The van der Waals surface area contributed by atoms with Crippen LogP contribution in [0.3, 0.4) is 0 Å². The van der Waals surface area contributed by atoms with E-state index >= 15 is 0 Å².